The van der Waals surface area contributed by atoms with Crippen molar-refractivity contribution in [1.82, 2.24) is 4.98 Å². The molecule has 0 fully saturated rings. The van der Waals surface area contributed by atoms with Crippen LogP contribution in [0.4, 0.5) is 22.0 Å². The number of hydrogen-bond donors (Lipinski definition) is 3. The predicted molar refractivity (Wildman–Crippen MR) is 88.9 cm³/mol. The van der Waals surface area contributed by atoms with Gasteiger partial charge in [-0.05, 0) is 38.1 Å². The van der Waals surface area contributed by atoms with E-state index in [0.717, 1.165) is 38.1 Å². The molecule has 1 aromatic heterocycles. The summed E-state index contributed by atoms with van der Waals surface area (Å²) in [7, 11) is 0. The van der Waals surface area contributed by atoms with Crippen LogP contribution in [0.15, 0.2) is 24.3 Å². The number of nitrogens with two attached hydrogens (primary N) is 1. The molecule has 0 saturated heterocycles. The van der Waals surface area contributed by atoms with E-state index in [9.17, 15) is 32.2 Å². The van der Waals surface area contributed by atoms with Crippen LogP contribution in [0.3, 0.4) is 0 Å². The second-order valence-electron chi connectivity index (χ2n) is 6.44. The van der Waals surface area contributed by atoms with Gasteiger partial charge in [-0.2, -0.15) is 13.2 Å². The number of aliphatic hydroxyl groups is 2. The van der Waals surface area contributed by atoms with Crippen LogP contribution >= 0.6 is 11.6 Å². The summed E-state index contributed by atoms with van der Waals surface area (Å²) in [4.78, 5) is 3.56. The quantitative estimate of drug-likeness (QED) is 0.673. The van der Waals surface area contributed by atoms with Gasteiger partial charge in [-0.15, -0.1) is 0 Å². The first-order chi connectivity index (χ1) is 12.2. The summed E-state index contributed by atoms with van der Waals surface area (Å²) < 4.78 is 68.3. The lowest BCUT2D eigenvalue weighted by molar-refractivity contribution is -0.264. The summed E-state index contributed by atoms with van der Waals surface area (Å²) in [6.07, 6.45) is -5.36. The summed E-state index contributed by atoms with van der Waals surface area (Å²) in [6, 6.07) is 4.32. The van der Waals surface area contributed by atoms with E-state index in [1.54, 1.807) is 0 Å². The van der Waals surface area contributed by atoms with Gasteiger partial charge in [0.25, 0.3) is 0 Å². The molecule has 0 radical (unpaired) electrons. The summed E-state index contributed by atoms with van der Waals surface area (Å²) in [5.74, 6) is -2.27. The van der Waals surface area contributed by atoms with Gasteiger partial charge in [-0.1, -0.05) is 11.6 Å². The van der Waals surface area contributed by atoms with Crippen LogP contribution in [-0.2, 0) is 11.2 Å². The number of benzene rings is 1. The van der Waals surface area contributed by atoms with Crippen molar-refractivity contribution in [2.24, 2.45) is 5.73 Å². The fourth-order valence-electron chi connectivity index (χ4n) is 2.50. The fourth-order valence-corrected chi connectivity index (χ4v) is 2.97. The molecule has 27 heavy (non-hydrogen) atoms. The van der Waals surface area contributed by atoms with Gasteiger partial charge in [0.15, 0.2) is 5.82 Å². The molecular formula is C17H16ClF5N2O2. The van der Waals surface area contributed by atoms with Gasteiger partial charge < -0.3 is 15.9 Å². The molecule has 148 valence electrons. The summed E-state index contributed by atoms with van der Waals surface area (Å²) in [5, 5.41) is 19.8. The van der Waals surface area contributed by atoms with Gasteiger partial charge in [0.1, 0.15) is 11.5 Å². The molecule has 10 heteroatoms. The zero-order valence-electron chi connectivity index (χ0n) is 14.2. The van der Waals surface area contributed by atoms with E-state index in [0.29, 0.717) is 0 Å². The number of aromatic nitrogens is 1. The Hall–Kier alpha value is -1.81. The molecule has 1 atom stereocenters. The third-order valence-electron chi connectivity index (χ3n) is 3.96. The average Bonchev–Trinajstić information content (AvgIpc) is 2.53. The van der Waals surface area contributed by atoms with E-state index in [2.05, 4.69) is 4.98 Å². The molecule has 2 aromatic rings. The molecule has 1 unspecified atom stereocenters. The Bertz CT molecular complexity index is 850. The highest BCUT2D eigenvalue weighted by Gasteiger charge is 2.57. The van der Waals surface area contributed by atoms with E-state index in [-0.39, 0.29) is 11.3 Å². The van der Waals surface area contributed by atoms with Crippen molar-refractivity contribution in [1.29, 1.82) is 0 Å². The molecule has 1 aromatic carbocycles. The van der Waals surface area contributed by atoms with Crippen molar-refractivity contribution in [3.05, 3.63) is 52.2 Å². The zero-order valence-corrected chi connectivity index (χ0v) is 15.0. The zero-order chi connectivity index (χ0) is 20.8. The molecule has 0 aliphatic carbocycles. The Labute approximate surface area is 156 Å². The molecule has 0 aliphatic heterocycles. The van der Waals surface area contributed by atoms with Crippen LogP contribution in [0, 0.1) is 11.6 Å². The maximum Gasteiger partial charge on any atom is 0.424 e. The summed E-state index contributed by atoms with van der Waals surface area (Å²) in [5.41, 5.74) is -3.22. The van der Waals surface area contributed by atoms with Crippen molar-refractivity contribution in [3.63, 3.8) is 0 Å². The Morgan fingerprint density at radius 2 is 1.59 bits per heavy atom. The molecule has 0 spiro atoms. The van der Waals surface area contributed by atoms with E-state index in [1.165, 1.54) is 0 Å². The van der Waals surface area contributed by atoms with Crippen molar-refractivity contribution >= 4 is 11.6 Å². The van der Waals surface area contributed by atoms with E-state index < -0.39 is 51.8 Å². The molecule has 0 bridgehead atoms. The lowest BCUT2D eigenvalue weighted by atomic mass is 9.90. The minimum Gasteiger partial charge on any atom is -0.386 e. The van der Waals surface area contributed by atoms with Crippen LogP contribution in [-0.4, -0.2) is 27.9 Å². The van der Waals surface area contributed by atoms with Crippen LogP contribution in [0.1, 0.15) is 25.1 Å². The van der Waals surface area contributed by atoms with Crippen LogP contribution in [0.25, 0.3) is 11.3 Å². The Balaban J connectivity index is 2.94. The first-order valence-corrected chi connectivity index (χ1v) is 7.99. The van der Waals surface area contributed by atoms with Crippen molar-refractivity contribution < 1.29 is 32.2 Å². The standard InChI is InChI=1S/C17H16ClF5N2O2/c1-15(2,26)10-11(18)13(8-3-5-9(19)6-4-8)25-14(12(10)20)16(27,7-24)17(21,22)23/h3-6,26-27H,7,24H2,1-2H3. The minimum absolute atomic E-state index is 0.0506. The van der Waals surface area contributed by atoms with E-state index in [1.807, 2.05) is 0 Å². The van der Waals surface area contributed by atoms with Crippen LogP contribution < -0.4 is 5.73 Å². The average molecular weight is 411 g/mol. The van der Waals surface area contributed by atoms with Gasteiger partial charge >= 0.3 is 6.18 Å². The lowest BCUT2D eigenvalue weighted by Gasteiger charge is -2.31. The first-order valence-electron chi connectivity index (χ1n) is 7.61. The molecule has 0 amide bonds. The van der Waals surface area contributed by atoms with Crippen LogP contribution in [0.2, 0.25) is 5.02 Å². The second kappa shape index (κ2) is 6.97. The maximum absolute atomic E-state index is 14.9. The highest BCUT2D eigenvalue weighted by molar-refractivity contribution is 6.34. The Morgan fingerprint density at radius 3 is 2.00 bits per heavy atom. The number of rotatable bonds is 4. The van der Waals surface area contributed by atoms with Gasteiger partial charge in [0, 0.05) is 17.7 Å². The molecule has 0 aliphatic rings. The molecule has 4 N–H and O–H groups in total. The molecule has 0 saturated carbocycles. The monoisotopic (exact) mass is 410 g/mol. The third-order valence-corrected chi connectivity index (χ3v) is 4.33. The highest BCUT2D eigenvalue weighted by Crippen LogP contribution is 2.44. The number of pyridine rings is 1. The maximum atomic E-state index is 14.9. The van der Waals surface area contributed by atoms with E-state index >= 15 is 0 Å². The number of halogens is 6. The second-order valence-corrected chi connectivity index (χ2v) is 6.82. The molecule has 2 rings (SSSR count). The predicted octanol–water partition coefficient (Wildman–Crippen LogP) is 3.62. The number of nitrogens with zero attached hydrogens (tertiary/aromatic N) is 1. The lowest BCUT2D eigenvalue weighted by Crippen LogP contribution is -2.50. The third kappa shape index (κ3) is 3.77. The topological polar surface area (TPSA) is 79.4 Å². The van der Waals surface area contributed by atoms with Gasteiger partial charge in [0.05, 0.1) is 16.3 Å². The number of hydrogen-bond acceptors (Lipinski definition) is 4. The molecule has 1 heterocycles. The van der Waals surface area contributed by atoms with Crippen LogP contribution in [0.5, 0.6) is 0 Å². The molecule has 4 nitrogen and oxygen atoms in total. The molecular weight excluding hydrogens is 395 g/mol. The van der Waals surface area contributed by atoms with Gasteiger partial charge in [-0.25, -0.2) is 13.8 Å². The van der Waals surface area contributed by atoms with E-state index in [4.69, 9.17) is 17.3 Å². The Morgan fingerprint density at radius 1 is 1.07 bits per heavy atom. The SMILES string of the molecule is CC(C)(O)c1c(F)c(C(O)(CN)C(F)(F)F)nc(-c2ccc(F)cc2)c1Cl. The largest absolute Gasteiger partial charge is 0.424 e. The smallest absolute Gasteiger partial charge is 0.386 e. The summed E-state index contributed by atoms with van der Waals surface area (Å²) in [6.45, 7) is 0.783. The van der Waals surface area contributed by atoms with Gasteiger partial charge in [-0.3, -0.25) is 0 Å². The van der Waals surface area contributed by atoms with Crippen molar-refractivity contribution in [2.45, 2.75) is 31.2 Å². The van der Waals surface area contributed by atoms with Crippen molar-refractivity contribution in [3.8, 4) is 11.3 Å². The minimum atomic E-state index is -5.36. The van der Waals surface area contributed by atoms with Crippen molar-refractivity contribution in [2.75, 3.05) is 6.54 Å². The normalized spacial score (nSPS) is 14.9. The highest BCUT2D eigenvalue weighted by atomic mass is 35.5. The van der Waals surface area contributed by atoms with Gasteiger partial charge in [0.2, 0.25) is 5.60 Å². The Kier molecular flexibility index (Phi) is 5.55. The number of alkyl halides is 3. The summed E-state index contributed by atoms with van der Waals surface area (Å²) >= 11 is 6.10. The fraction of sp³-hybridized carbons (Fsp3) is 0.353. The first kappa shape index (κ1) is 21.5.